The predicted octanol–water partition coefficient (Wildman–Crippen LogP) is 3.29. The number of rotatable bonds is 6. The summed E-state index contributed by atoms with van der Waals surface area (Å²) in [5.41, 5.74) is 0.625. The number of carbonyl (C=O) groups excluding carboxylic acids is 1. The summed E-state index contributed by atoms with van der Waals surface area (Å²) in [5, 5.41) is 0. The molecule has 0 atom stereocenters. The van der Waals surface area contributed by atoms with Crippen molar-refractivity contribution in [2.24, 2.45) is 0 Å². The van der Waals surface area contributed by atoms with E-state index in [-0.39, 0.29) is 0 Å². The van der Waals surface area contributed by atoms with Crippen molar-refractivity contribution in [1.82, 2.24) is 0 Å². The normalized spacial score (nSPS) is 9.94. The maximum absolute atomic E-state index is 10.8. The molecule has 0 fully saturated rings. The van der Waals surface area contributed by atoms with Crippen molar-refractivity contribution in [2.75, 3.05) is 13.7 Å². The van der Waals surface area contributed by atoms with Gasteiger partial charge in [-0.3, -0.25) is 4.79 Å². The van der Waals surface area contributed by atoms with Gasteiger partial charge in [0.15, 0.2) is 17.8 Å². The van der Waals surface area contributed by atoms with Crippen LogP contribution in [-0.2, 0) is 0 Å². The highest BCUT2D eigenvalue weighted by Gasteiger charge is 2.09. The molecule has 0 spiro atoms. The lowest BCUT2D eigenvalue weighted by Crippen LogP contribution is -2.00. The van der Waals surface area contributed by atoms with Crippen LogP contribution in [0.4, 0.5) is 0 Å². The first kappa shape index (κ1) is 13.3. The summed E-state index contributed by atoms with van der Waals surface area (Å²) in [6.45, 7) is 2.78. The monoisotopic (exact) mass is 334 g/mol. The van der Waals surface area contributed by atoms with Crippen molar-refractivity contribution in [2.45, 2.75) is 19.8 Å². The lowest BCUT2D eigenvalue weighted by atomic mass is 10.2. The van der Waals surface area contributed by atoms with Crippen molar-refractivity contribution in [3.8, 4) is 11.5 Å². The van der Waals surface area contributed by atoms with E-state index in [4.69, 9.17) is 9.47 Å². The number of halogens is 1. The summed E-state index contributed by atoms with van der Waals surface area (Å²) >= 11 is 2.11. The summed E-state index contributed by atoms with van der Waals surface area (Å²) in [6.07, 6.45) is 2.92. The van der Waals surface area contributed by atoms with Gasteiger partial charge in [-0.2, -0.15) is 0 Å². The molecule has 1 aromatic rings. The van der Waals surface area contributed by atoms with Crippen LogP contribution < -0.4 is 9.47 Å². The molecular weight excluding hydrogens is 319 g/mol. The molecule has 1 rings (SSSR count). The summed E-state index contributed by atoms with van der Waals surface area (Å²) in [7, 11) is 1.57. The Kier molecular flexibility index (Phi) is 5.59. The van der Waals surface area contributed by atoms with Gasteiger partial charge in [0.2, 0.25) is 0 Å². The van der Waals surface area contributed by atoms with Gasteiger partial charge in [0.1, 0.15) is 0 Å². The molecule has 16 heavy (non-hydrogen) atoms. The number of aldehydes is 1. The number of hydrogen-bond donors (Lipinski definition) is 0. The van der Waals surface area contributed by atoms with E-state index in [1.54, 1.807) is 13.2 Å². The Labute approximate surface area is 109 Å². The molecule has 0 radical (unpaired) electrons. The molecule has 0 N–H and O–H groups in total. The van der Waals surface area contributed by atoms with Crippen LogP contribution in [0.2, 0.25) is 0 Å². The Bertz CT molecular complexity index is 364. The lowest BCUT2D eigenvalue weighted by molar-refractivity contribution is 0.112. The smallest absolute Gasteiger partial charge is 0.162 e. The maximum atomic E-state index is 10.8. The van der Waals surface area contributed by atoms with Crippen LogP contribution in [0, 0.1) is 3.57 Å². The van der Waals surface area contributed by atoms with Gasteiger partial charge in [-0.25, -0.2) is 0 Å². The van der Waals surface area contributed by atoms with Crippen LogP contribution in [0.1, 0.15) is 30.1 Å². The van der Waals surface area contributed by atoms with Crippen LogP contribution in [0.15, 0.2) is 12.1 Å². The standard InChI is InChI=1S/C12H15IO3/c1-3-4-5-16-12-7-10(13)9(8-14)6-11(12)15-2/h6-8H,3-5H2,1-2H3. The Hall–Kier alpha value is -0.780. The molecule has 1 aromatic carbocycles. The molecule has 0 saturated carbocycles. The number of benzene rings is 1. The zero-order chi connectivity index (χ0) is 12.0. The third-order valence-corrected chi connectivity index (χ3v) is 3.10. The molecule has 3 nitrogen and oxygen atoms in total. The van der Waals surface area contributed by atoms with Gasteiger partial charge in [-0.05, 0) is 41.1 Å². The minimum atomic E-state index is 0.610. The zero-order valence-corrected chi connectivity index (χ0v) is 11.6. The lowest BCUT2D eigenvalue weighted by Gasteiger charge is -2.11. The van der Waals surface area contributed by atoms with E-state index in [1.807, 2.05) is 6.07 Å². The molecule has 0 amide bonds. The minimum Gasteiger partial charge on any atom is -0.493 e. The highest BCUT2D eigenvalue weighted by molar-refractivity contribution is 14.1. The number of methoxy groups -OCH3 is 1. The van der Waals surface area contributed by atoms with Crippen molar-refractivity contribution >= 4 is 28.9 Å². The van der Waals surface area contributed by atoms with Gasteiger partial charge in [0.25, 0.3) is 0 Å². The SMILES string of the molecule is CCCCOc1cc(I)c(C=O)cc1OC. The predicted molar refractivity (Wildman–Crippen MR) is 71.5 cm³/mol. The van der Waals surface area contributed by atoms with E-state index in [1.165, 1.54) is 0 Å². The van der Waals surface area contributed by atoms with Crippen LogP contribution in [0.5, 0.6) is 11.5 Å². The molecule has 0 saturated heterocycles. The molecule has 0 heterocycles. The number of carbonyl (C=O) groups is 1. The third kappa shape index (κ3) is 3.37. The van der Waals surface area contributed by atoms with Gasteiger partial charge in [0.05, 0.1) is 13.7 Å². The fraction of sp³-hybridized carbons (Fsp3) is 0.417. The summed E-state index contributed by atoms with van der Waals surface area (Å²) in [6, 6.07) is 3.54. The van der Waals surface area contributed by atoms with Crippen LogP contribution in [0.3, 0.4) is 0 Å². The van der Waals surface area contributed by atoms with Gasteiger partial charge in [-0.15, -0.1) is 0 Å². The highest BCUT2D eigenvalue weighted by Crippen LogP contribution is 2.31. The Morgan fingerprint density at radius 1 is 1.38 bits per heavy atom. The zero-order valence-electron chi connectivity index (χ0n) is 9.46. The molecule has 0 aliphatic heterocycles. The van der Waals surface area contributed by atoms with E-state index < -0.39 is 0 Å². The number of hydrogen-bond acceptors (Lipinski definition) is 3. The summed E-state index contributed by atoms with van der Waals surface area (Å²) < 4.78 is 11.7. The first-order chi connectivity index (χ1) is 7.72. The fourth-order valence-electron chi connectivity index (χ4n) is 1.24. The third-order valence-electron chi connectivity index (χ3n) is 2.17. The van der Waals surface area contributed by atoms with E-state index in [2.05, 4.69) is 29.5 Å². The first-order valence-electron chi connectivity index (χ1n) is 5.18. The molecular formula is C12H15IO3. The van der Waals surface area contributed by atoms with Crippen molar-refractivity contribution < 1.29 is 14.3 Å². The Morgan fingerprint density at radius 3 is 2.69 bits per heavy atom. The fourth-order valence-corrected chi connectivity index (χ4v) is 1.81. The topological polar surface area (TPSA) is 35.5 Å². The van der Waals surface area contributed by atoms with Crippen LogP contribution in [0.25, 0.3) is 0 Å². The van der Waals surface area contributed by atoms with Gasteiger partial charge >= 0.3 is 0 Å². The molecule has 0 unspecified atom stereocenters. The van der Waals surface area contributed by atoms with Gasteiger partial charge in [0, 0.05) is 9.13 Å². The molecule has 0 aliphatic rings. The highest BCUT2D eigenvalue weighted by atomic mass is 127. The second-order valence-corrected chi connectivity index (χ2v) is 4.51. The van der Waals surface area contributed by atoms with Gasteiger partial charge in [-0.1, -0.05) is 13.3 Å². The molecule has 0 aliphatic carbocycles. The first-order valence-corrected chi connectivity index (χ1v) is 6.26. The van der Waals surface area contributed by atoms with E-state index in [0.29, 0.717) is 23.7 Å². The van der Waals surface area contributed by atoms with E-state index >= 15 is 0 Å². The number of ether oxygens (including phenoxy) is 2. The molecule has 4 heteroatoms. The van der Waals surface area contributed by atoms with Crippen molar-refractivity contribution in [1.29, 1.82) is 0 Å². The van der Waals surface area contributed by atoms with E-state index in [0.717, 1.165) is 22.7 Å². The second-order valence-electron chi connectivity index (χ2n) is 3.34. The molecule has 0 aromatic heterocycles. The summed E-state index contributed by atoms with van der Waals surface area (Å²) in [4.78, 5) is 10.8. The van der Waals surface area contributed by atoms with Crippen LogP contribution >= 0.6 is 22.6 Å². The quantitative estimate of drug-likeness (QED) is 0.455. The largest absolute Gasteiger partial charge is 0.493 e. The number of unbranched alkanes of at least 4 members (excludes halogenated alkanes) is 1. The van der Waals surface area contributed by atoms with Crippen molar-refractivity contribution in [3.63, 3.8) is 0 Å². The van der Waals surface area contributed by atoms with Crippen molar-refractivity contribution in [3.05, 3.63) is 21.3 Å². The Balaban J connectivity index is 2.89. The average Bonchev–Trinajstić information content (AvgIpc) is 2.30. The molecule has 88 valence electrons. The molecule has 0 bridgehead atoms. The Morgan fingerprint density at radius 2 is 2.12 bits per heavy atom. The minimum absolute atomic E-state index is 0.610. The maximum Gasteiger partial charge on any atom is 0.162 e. The van der Waals surface area contributed by atoms with Crippen LogP contribution in [-0.4, -0.2) is 20.0 Å². The summed E-state index contributed by atoms with van der Waals surface area (Å²) in [5.74, 6) is 1.31. The van der Waals surface area contributed by atoms with E-state index in [9.17, 15) is 4.79 Å². The van der Waals surface area contributed by atoms with Gasteiger partial charge < -0.3 is 9.47 Å². The second kappa shape index (κ2) is 6.73. The average molecular weight is 334 g/mol.